The lowest BCUT2D eigenvalue weighted by Gasteiger charge is -2.13. The van der Waals surface area contributed by atoms with E-state index in [9.17, 15) is 0 Å². The standard InChI is InChI=1S/C6H8N6O2/c1-8-3-2-13-12-6(9-3)4-5(7)11-14-10-4/h2H2,1H3,(H2,7,11)(H,8,9,12). The number of hydrogen-bond acceptors (Lipinski definition) is 7. The Balaban J connectivity index is 2.35. The van der Waals surface area contributed by atoms with Crippen LogP contribution < -0.4 is 11.2 Å². The molecule has 0 aliphatic carbocycles. The third-order valence-corrected chi connectivity index (χ3v) is 1.61. The van der Waals surface area contributed by atoms with Gasteiger partial charge < -0.3 is 5.73 Å². The molecule has 0 aromatic carbocycles. The Kier molecular flexibility index (Phi) is 2.11. The van der Waals surface area contributed by atoms with Gasteiger partial charge in [0.1, 0.15) is 6.61 Å². The highest BCUT2D eigenvalue weighted by atomic mass is 16.6. The van der Waals surface area contributed by atoms with Crippen molar-refractivity contribution in [2.24, 2.45) is 9.98 Å². The van der Waals surface area contributed by atoms with Crippen molar-refractivity contribution in [1.29, 1.82) is 0 Å². The van der Waals surface area contributed by atoms with Crippen molar-refractivity contribution in [3.63, 3.8) is 0 Å². The van der Waals surface area contributed by atoms with Gasteiger partial charge in [0.25, 0.3) is 0 Å². The molecule has 74 valence electrons. The molecule has 0 bridgehead atoms. The lowest BCUT2D eigenvalue weighted by Crippen LogP contribution is -2.34. The zero-order chi connectivity index (χ0) is 9.97. The Labute approximate surface area is 78.8 Å². The first-order valence-electron chi connectivity index (χ1n) is 3.82. The summed E-state index contributed by atoms with van der Waals surface area (Å²) in [5, 5.41) is 6.99. The predicted molar refractivity (Wildman–Crippen MR) is 47.7 cm³/mol. The van der Waals surface area contributed by atoms with Crippen molar-refractivity contribution < 1.29 is 9.47 Å². The number of nitrogens with two attached hydrogens (primary N) is 1. The molecule has 2 heterocycles. The van der Waals surface area contributed by atoms with E-state index in [2.05, 4.69) is 30.4 Å². The number of nitrogens with zero attached hydrogens (tertiary/aromatic N) is 4. The summed E-state index contributed by atoms with van der Waals surface area (Å²) in [5.74, 6) is 1.04. The van der Waals surface area contributed by atoms with Crippen LogP contribution in [0, 0.1) is 0 Å². The SMILES string of the molecule is CN=C1CONC(c2nonc2N)=N1. The number of anilines is 1. The van der Waals surface area contributed by atoms with Gasteiger partial charge in [0.05, 0.1) is 0 Å². The molecule has 3 N–H and O–H groups in total. The third kappa shape index (κ3) is 1.42. The Hall–Kier alpha value is -1.96. The molecule has 0 atom stereocenters. The summed E-state index contributed by atoms with van der Waals surface area (Å²) in [6, 6.07) is 0. The van der Waals surface area contributed by atoms with Gasteiger partial charge in [0.2, 0.25) is 0 Å². The van der Waals surface area contributed by atoms with E-state index in [-0.39, 0.29) is 5.82 Å². The Morgan fingerprint density at radius 1 is 1.50 bits per heavy atom. The van der Waals surface area contributed by atoms with Gasteiger partial charge in [-0.05, 0) is 10.3 Å². The first kappa shape index (κ1) is 8.63. The number of aliphatic imine (C=N–C) groups is 2. The second-order valence-electron chi connectivity index (χ2n) is 2.49. The Morgan fingerprint density at radius 3 is 3.00 bits per heavy atom. The fourth-order valence-electron chi connectivity index (χ4n) is 0.929. The lowest BCUT2D eigenvalue weighted by atomic mass is 10.4. The zero-order valence-corrected chi connectivity index (χ0v) is 7.39. The van der Waals surface area contributed by atoms with Crippen molar-refractivity contribution in [2.45, 2.75) is 0 Å². The molecule has 1 aromatic rings. The van der Waals surface area contributed by atoms with Crippen molar-refractivity contribution >= 4 is 17.5 Å². The summed E-state index contributed by atoms with van der Waals surface area (Å²) < 4.78 is 4.43. The maximum atomic E-state index is 5.47. The van der Waals surface area contributed by atoms with Gasteiger partial charge in [-0.1, -0.05) is 0 Å². The van der Waals surface area contributed by atoms with E-state index in [1.54, 1.807) is 7.05 Å². The van der Waals surface area contributed by atoms with Crippen LogP contribution in [0.25, 0.3) is 0 Å². The number of hydroxylamine groups is 1. The fraction of sp³-hybridized carbons (Fsp3) is 0.333. The van der Waals surface area contributed by atoms with Crippen LogP contribution in [0.3, 0.4) is 0 Å². The molecule has 2 rings (SSSR count). The molecule has 1 aliphatic rings. The number of nitrogen functional groups attached to an aromatic ring is 1. The molecular formula is C6H8N6O2. The van der Waals surface area contributed by atoms with Crippen LogP contribution in [0.4, 0.5) is 5.82 Å². The van der Waals surface area contributed by atoms with Crippen LogP contribution in [0.15, 0.2) is 14.6 Å². The minimum Gasteiger partial charge on any atom is -0.379 e. The topological polar surface area (TPSA) is 111 Å². The fourth-order valence-corrected chi connectivity index (χ4v) is 0.929. The molecule has 0 spiro atoms. The van der Waals surface area contributed by atoms with E-state index >= 15 is 0 Å². The molecular weight excluding hydrogens is 188 g/mol. The van der Waals surface area contributed by atoms with E-state index in [4.69, 9.17) is 10.6 Å². The summed E-state index contributed by atoms with van der Waals surface area (Å²) >= 11 is 0. The quantitative estimate of drug-likeness (QED) is 0.593. The average Bonchev–Trinajstić information content (AvgIpc) is 2.65. The van der Waals surface area contributed by atoms with Gasteiger partial charge >= 0.3 is 0 Å². The second-order valence-corrected chi connectivity index (χ2v) is 2.49. The predicted octanol–water partition coefficient (Wildman–Crippen LogP) is -1.04. The minimum absolute atomic E-state index is 0.150. The van der Waals surface area contributed by atoms with Gasteiger partial charge in [-0.15, -0.1) is 0 Å². The molecule has 8 nitrogen and oxygen atoms in total. The normalized spacial score (nSPS) is 19.2. The van der Waals surface area contributed by atoms with Crippen molar-refractivity contribution in [3.05, 3.63) is 5.69 Å². The third-order valence-electron chi connectivity index (χ3n) is 1.61. The molecule has 8 heteroatoms. The summed E-state index contributed by atoms with van der Waals surface area (Å²) in [6.45, 7) is 0.297. The van der Waals surface area contributed by atoms with Crippen LogP contribution in [-0.4, -0.2) is 35.6 Å². The van der Waals surface area contributed by atoms with Gasteiger partial charge in [-0.2, -0.15) is 0 Å². The molecule has 14 heavy (non-hydrogen) atoms. The van der Waals surface area contributed by atoms with E-state index < -0.39 is 0 Å². The average molecular weight is 196 g/mol. The van der Waals surface area contributed by atoms with Crippen molar-refractivity contribution in [1.82, 2.24) is 15.8 Å². The number of nitrogens with one attached hydrogen (secondary N) is 1. The first-order valence-corrected chi connectivity index (χ1v) is 3.82. The summed E-state index contributed by atoms with van der Waals surface area (Å²) in [4.78, 5) is 13.0. The number of aromatic nitrogens is 2. The van der Waals surface area contributed by atoms with E-state index in [1.165, 1.54) is 0 Å². The second kappa shape index (κ2) is 3.42. The summed E-state index contributed by atoms with van der Waals surface area (Å²) in [6.07, 6.45) is 0. The Morgan fingerprint density at radius 2 is 2.36 bits per heavy atom. The molecule has 0 radical (unpaired) electrons. The van der Waals surface area contributed by atoms with E-state index in [0.29, 0.717) is 24.0 Å². The number of amidine groups is 2. The van der Waals surface area contributed by atoms with Gasteiger partial charge in [-0.3, -0.25) is 9.83 Å². The van der Waals surface area contributed by atoms with Gasteiger partial charge in [0, 0.05) is 7.05 Å². The van der Waals surface area contributed by atoms with E-state index in [1.807, 2.05) is 0 Å². The monoisotopic (exact) mass is 196 g/mol. The van der Waals surface area contributed by atoms with Gasteiger partial charge in [0.15, 0.2) is 23.2 Å². The van der Waals surface area contributed by atoms with Crippen LogP contribution in [-0.2, 0) is 4.84 Å². The van der Waals surface area contributed by atoms with Crippen LogP contribution in [0.1, 0.15) is 5.69 Å². The Bertz CT molecular complexity index is 395. The maximum absolute atomic E-state index is 5.47. The van der Waals surface area contributed by atoms with Crippen LogP contribution in [0.2, 0.25) is 0 Å². The highest BCUT2D eigenvalue weighted by Crippen LogP contribution is 2.06. The molecule has 0 saturated heterocycles. The molecule has 0 saturated carbocycles. The molecule has 0 fully saturated rings. The maximum Gasteiger partial charge on any atom is 0.199 e. The lowest BCUT2D eigenvalue weighted by molar-refractivity contribution is 0.114. The number of rotatable bonds is 1. The van der Waals surface area contributed by atoms with Crippen molar-refractivity contribution in [3.8, 4) is 0 Å². The van der Waals surface area contributed by atoms with Gasteiger partial charge in [-0.25, -0.2) is 15.1 Å². The highest BCUT2D eigenvalue weighted by molar-refractivity contribution is 6.08. The van der Waals surface area contributed by atoms with E-state index in [0.717, 1.165) is 0 Å². The first-order chi connectivity index (χ1) is 6.81. The molecule has 0 unspecified atom stereocenters. The van der Waals surface area contributed by atoms with Crippen LogP contribution in [0.5, 0.6) is 0 Å². The molecule has 1 aliphatic heterocycles. The zero-order valence-electron chi connectivity index (χ0n) is 7.39. The highest BCUT2D eigenvalue weighted by Gasteiger charge is 2.18. The largest absolute Gasteiger partial charge is 0.379 e. The summed E-state index contributed by atoms with van der Waals surface area (Å²) in [5.41, 5.74) is 8.34. The number of hydrogen-bond donors (Lipinski definition) is 2. The minimum atomic E-state index is 0.150. The molecule has 1 aromatic heterocycles. The molecule has 0 amide bonds. The van der Waals surface area contributed by atoms with Crippen molar-refractivity contribution in [2.75, 3.05) is 19.4 Å². The van der Waals surface area contributed by atoms with Crippen LogP contribution >= 0.6 is 0 Å². The summed E-state index contributed by atoms with van der Waals surface area (Å²) in [7, 11) is 1.62. The smallest absolute Gasteiger partial charge is 0.199 e.